The van der Waals surface area contributed by atoms with Gasteiger partial charge in [0, 0.05) is 11.3 Å². The summed E-state index contributed by atoms with van der Waals surface area (Å²) in [6.45, 7) is 0. The number of hydrogen-bond acceptors (Lipinski definition) is 3. The molecule has 0 fully saturated rings. The molecular formula is C21H14F4N2O3. The van der Waals surface area contributed by atoms with E-state index >= 15 is 0 Å². The minimum Gasteiger partial charge on any atom is -0.457 e. The topological polar surface area (TPSA) is 81.4 Å². The number of halogens is 4. The van der Waals surface area contributed by atoms with Crippen LogP contribution in [0, 0.1) is 5.82 Å². The Kier molecular flexibility index (Phi) is 5.72. The molecule has 0 aliphatic heterocycles. The zero-order valence-corrected chi connectivity index (χ0v) is 15.2. The van der Waals surface area contributed by atoms with Gasteiger partial charge in [-0.15, -0.1) is 0 Å². The van der Waals surface area contributed by atoms with Crippen LogP contribution >= 0.6 is 0 Å². The Morgan fingerprint density at radius 1 is 0.933 bits per heavy atom. The lowest BCUT2D eigenvalue weighted by atomic mass is 10.1. The fourth-order valence-corrected chi connectivity index (χ4v) is 2.55. The summed E-state index contributed by atoms with van der Waals surface area (Å²) in [6.07, 6.45) is -4.66. The van der Waals surface area contributed by atoms with E-state index in [-0.39, 0.29) is 28.3 Å². The molecule has 0 spiro atoms. The molecule has 0 aliphatic rings. The second kappa shape index (κ2) is 8.24. The van der Waals surface area contributed by atoms with Crippen molar-refractivity contribution in [2.24, 2.45) is 5.73 Å². The van der Waals surface area contributed by atoms with Crippen molar-refractivity contribution in [1.29, 1.82) is 0 Å². The van der Waals surface area contributed by atoms with Crippen LogP contribution in [0.1, 0.15) is 26.3 Å². The van der Waals surface area contributed by atoms with Crippen molar-refractivity contribution in [1.82, 2.24) is 0 Å². The summed E-state index contributed by atoms with van der Waals surface area (Å²) in [6, 6.07) is 12.7. The van der Waals surface area contributed by atoms with Gasteiger partial charge in [0.2, 0.25) is 5.91 Å². The number of benzene rings is 3. The third-order valence-corrected chi connectivity index (χ3v) is 4.00. The Hall–Kier alpha value is -3.88. The smallest absolute Gasteiger partial charge is 0.416 e. The highest BCUT2D eigenvalue weighted by atomic mass is 19.4. The number of carbonyl (C=O) groups excluding carboxylic acids is 2. The molecule has 0 radical (unpaired) electrons. The second-order valence-corrected chi connectivity index (χ2v) is 6.16. The van der Waals surface area contributed by atoms with Crippen molar-refractivity contribution in [3.05, 3.63) is 89.2 Å². The van der Waals surface area contributed by atoms with E-state index < -0.39 is 29.4 Å². The molecule has 0 unspecified atom stereocenters. The van der Waals surface area contributed by atoms with Gasteiger partial charge < -0.3 is 15.8 Å². The first-order valence-corrected chi connectivity index (χ1v) is 8.49. The van der Waals surface area contributed by atoms with Crippen molar-refractivity contribution >= 4 is 17.5 Å². The van der Waals surface area contributed by atoms with Gasteiger partial charge in [-0.3, -0.25) is 9.59 Å². The summed E-state index contributed by atoms with van der Waals surface area (Å²) < 4.78 is 57.8. The highest BCUT2D eigenvalue weighted by molar-refractivity contribution is 6.07. The molecule has 5 nitrogen and oxygen atoms in total. The standard InChI is InChI=1S/C21H14F4N2O3/c22-14-5-7-16(8-6-14)30-18-11-13(21(23,24)25)4-9-17(18)20(29)27-15-3-1-2-12(10-15)19(26)28/h1-11H,(H2,26,28)(H,27,29). The first-order chi connectivity index (χ1) is 14.1. The summed E-state index contributed by atoms with van der Waals surface area (Å²) in [4.78, 5) is 24.0. The van der Waals surface area contributed by atoms with Gasteiger partial charge in [0.15, 0.2) is 0 Å². The molecule has 9 heteroatoms. The van der Waals surface area contributed by atoms with Gasteiger partial charge >= 0.3 is 6.18 Å². The van der Waals surface area contributed by atoms with E-state index in [1.54, 1.807) is 0 Å². The van der Waals surface area contributed by atoms with Gasteiger partial charge in [0.05, 0.1) is 11.1 Å². The maximum Gasteiger partial charge on any atom is 0.416 e. The Labute approximate surface area is 168 Å². The molecule has 0 aliphatic carbocycles. The molecule has 30 heavy (non-hydrogen) atoms. The normalized spacial score (nSPS) is 11.1. The maximum atomic E-state index is 13.1. The lowest BCUT2D eigenvalue weighted by Crippen LogP contribution is -2.16. The molecule has 0 heterocycles. The van der Waals surface area contributed by atoms with Crippen molar-refractivity contribution in [3.8, 4) is 11.5 Å². The summed E-state index contributed by atoms with van der Waals surface area (Å²) in [5, 5.41) is 2.48. The highest BCUT2D eigenvalue weighted by Crippen LogP contribution is 2.35. The first-order valence-electron chi connectivity index (χ1n) is 8.49. The van der Waals surface area contributed by atoms with Crippen LogP contribution in [-0.2, 0) is 6.18 Å². The predicted octanol–water partition coefficient (Wildman–Crippen LogP) is 4.99. The summed E-state index contributed by atoms with van der Waals surface area (Å²) in [7, 11) is 0. The lowest BCUT2D eigenvalue weighted by molar-refractivity contribution is -0.137. The van der Waals surface area contributed by atoms with Crippen LogP contribution in [0.2, 0.25) is 0 Å². The Bertz CT molecular complexity index is 1100. The Morgan fingerprint density at radius 3 is 2.27 bits per heavy atom. The number of primary amides is 1. The summed E-state index contributed by atoms with van der Waals surface area (Å²) >= 11 is 0. The highest BCUT2D eigenvalue weighted by Gasteiger charge is 2.32. The van der Waals surface area contributed by atoms with E-state index in [1.165, 1.54) is 36.4 Å². The summed E-state index contributed by atoms with van der Waals surface area (Å²) in [5.41, 5.74) is 4.33. The van der Waals surface area contributed by atoms with Crippen molar-refractivity contribution in [2.45, 2.75) is 6.18 Å². The molecular weight excluding hydrogens is 404 g/mol. The van der Waals surface area contributed by atoms with Crippen LogP contribution in [0.3, 0.4) is 0 Å². The number of ether oxygens (including phenoxy) is 1. The van der Waals surface area contributed by atoms with Gasteiger partial charge in [-0.2, -0.15) is 13.2 Å². The number of amides is 2. The lowest BCUT2D eigenvalue weighted by Gasteiger charge is -2.15. The molecule has 0 atom stereocenters. The SMILES string of the molecule is NC(=O)c1cccc(NC(=O)c2ccc(C(F)(F)F)cc2Oc2ccc(F)cc2)c1. The van der Waals surface area contributed by atoms with E-state index in [0.717, 1.165) is 24.3 Å². The average molecular weight is 418 g/mol. The molecule has 3 aromatic carbocycles. The van der Waals surface area contributed by atoms with Gasteiger partial charge in [-0.25, -0.2) is 4.39 Å². The monoisotopic (exact) mass is 418 g/mol. The number of anilines is 1. The maximum absolute atomic E-state index is 13.1. The first kappa shape index (κ1) is 20.8. The van der Waals surface area contributed by atoms with E-state index in [2.05, 4.69) is 5.32 Å². The van der Waals surface area contributed by atoms with E-state index in [9.17, 15) is 27.2 Å². The summed E-state index contributed by atoms with van der Waals surface area (Å²) in [5.74, 6) is -2.37. The molecule has 0 saturated heterocycles. The molecule has 154 valence electrons. The molecule has 0 aromatic heterocycles. The fourth-order valence-electron chi connectivity index (χ4n) is 2.55. The zero-order chi connectivity index (χ0) is 21.9. The molecule has 3 rings (SSSR count). The molecule has 2 amide bonds. The fraction of sp³-hybridized carbons (Fsp3) is 0.0476. The third kappa shape index (κ3) is 4.93. The van der Waals surface area contributed by atoms with Crippen molar-refractivity contribution < 1.29 is 31.9 Å². The zero-order valence-electron chi connectivity index (χ0n) is 15.2. The number of alkyl halides is 3. The van der Waals surface area contributed by atoms with Crippen LogP contribution in [0.5, 0.6) is 11.5 Å². The number of nitrogens with two attached hydrogens (primary N) is 1. The van der Waals surface area contributed by atoms with Crippen molar-refractivity contribution in [2.75, 3.05) is 5.32 Å². The minimum atomic E-state index is -4.66. The molecule has 3 aromatic rings. The van der Waals surface area contributed by atoms with Crippen molar-refractivity contribution in [3.63, 3.8) is 0 Å². The van der Waals surface area contributed by atoms with Crippen LogP contribution in [-0.4, -0.2) is 11.8 Å². The quantitative estimate of drug-likeness (QED) is 0.573. The largest absolute Gasteiger partial charge is 0.457 e. The molecule has 3 N–H and O–H groups in total. The Balaban J connectivity index is 1.95. The second-order valence-electron chi connectivity index (χ2n) is 6.16. The minimum absolute atomic E-state index is 0.0421. The van der Waals surface area contributed by atoms with Gasteiger partial charge in [0.1, 0.15) is 17.3 Å². The van der Waals surface area contributed by atoms with Crippen LogP contribution in [0.15, 0.2) is 66.7 Å². The van der Waals surface area contributed by atoms with Gasteiger partial charge in [-0.1, -0.05) is 6.07 Å². The number of hydrogen-bond donors (Lipinski definition) is 2. The molecule has 0 saturated carbocycles. The van der Waals surface area contributed by atoms with Crippen LogP contribution in [0.25, 0.3) is 0 Å². The van der Waals surface area contributed by atoms with E-state index in [1.807, 2.05) is 0 Å². The van der Waals surface area contributed by atoms with Crippen LogP contribution in [0.4, 0.5) is 23.2 Å². The number of nitrogens with one attached hydrogen (secondary N) is 1. The molecule has 0 bridgehead atoms. The van der Waals surface area contributed by atoms with Gasteiger partial charge in [0.25, 0.3) is 5.91 Å². The average Bonchev–Trinajstić information content (AvgIpc) is 2.69. The van der Waals surface area contributed by atoms with Gasteiger partial charge in [-0.05, 0) is 60.7 Å². The third-order valence-electron chi connectivity index (χ3n) is 4.00. The number of carbonyl (C=O) groups is 2. The number of rotatable bonds is 5. The van der Waals surface area contributed by atoms with Crippen LogP contribution < -0.4 is 15.8 Å². The predicted molar refractivity (Wildman–Crippen MR) is 101 cm³/mol. The van der Waals surface area contributed by atoms with E-state index in [0.29, 0.717) is 6.07 Å². The Morgan fingerprint density at radius 2 is 1.63 bits per heavy atom. The van der Waals surface area contributed by atoms with E-state index in [4.69, 9.17) is 10.5 Å².